The Bertz CT molecular complexity index is 1370. The Morgan fingerprint density at radius 3 is 1.18 bits per heavy atom. The van der Waals surface area contributed by atoms with Crippen LogP contribution in [0, 0.1) is 0 Å². The van der Waals surface area contributed by atoms with Gasteiger partial charge in [0.25, 0.3) is 0 Å². The van der Waals surface area contributed by atoms with E-state index in [1.54, 1.807) is 0 Å². The van der Waals surface area contributed by atoms with E-state index in [1.165, 1.54) is 135 Å². The molecule has 0 bridgehead atoms. The number of carbonyl (C=O) groups is 4. The van der Waals surface area contributed by atoms with Gasteiger partial charge in [0.1, 0.15) is 18.8 Å². The summed E-state index contributed by atoms with van der Waals surface area (Å²) in [5, 5.41) is 31.5. The fourth-order valence-electron chi connectivity index (χ4n) is 9.30. The molecule has 6 unspecified atom stereocenters. The summed E-state index contributed by atoms with van der Waals surface area (Å²) in [4.78, 5) is 51.1. The summed E-state index contributed by atoms with van der Waals surface area (Å²) in [6, 6.07) is 0. The normalized spacial score (nSPS) is 18.4. The molecule has 1 heterocycles. The minimum Gasteiger partial charge on any atom is -0.479 e. The number of hydrogen-bond acceptors (Lipinski definition) is 11. The maximum absolute atomic E-state index is 13.1. The van der Waals surface area contributed by atoms with Crippen LogP contribution in [0.15, 0.2) is 24.3 Å². The molecule has 12 heteroatoms. The van der Waals surface area contributed by atoms with Gasteiger partial charge in [0.2, 0.25) is 0 Å². The second-order valence-electron chi connectivity index (χ2n) is 21.0. The van der Waals surface area contributed by atoms with E-state index in [2.05, 4.69) is 45.1 Å². The van der Waals surface area contributed by atoms with Crippen molar-refractivity contribution in [1.82, 2.24) is 0 Å². The summed E-state index contributed by atoms with van der Waals surface area (Å²) in [5.74, 6) is -3.11. The van der Waals surface area contributed by atoms with Crippen molar-refractivity contribution in [1.29, 1.82) is 0 Å². The van der Waals surface area contributed by atoms with E-state index < -0.39 is 67.3 Å². The van der Waals surface area contributed by atoms with E-state index in [9.17, 15) is 34.5 Å². The average molecular weight is 1040 g/mol. The van der Waals surface area contributed by atoms with Crippen molar-refractivity contribution in [2.45, 2.75) is 327 Å². The molecule has 0 spiro atoms. The van der Waals surface area contributed by atoms with Gasteiger partial charge in [0, 0.05) is 19.3 Å². The Morgan fingerprint density at radius 2 is 0.781 bits per heavy atom. The van der Waals surface area contributed by atoms with Crippen molar-refractivity contribution in [2.75, 3.05) is 13.2 Å². The molecule has 0 aliphatic carbocycles. The van der Waals surface area contributed by atoms with Crippen LogP contribution in [0.1, 0.15) is 290 Å². The summed E-state index contributed by atoms with van der Waals surface area (Å²) in [7, 11) is 0. The smallest absolute Gasteiger partial charge is 0.335 e. The maximum Gasteiger partial charge on any atom is 0.335 e. The molecule has 0 aromatic rings. The summed E-state index contributed by atoms with van der Waals surface area (Å²) in [6.07, 6.45) is 44.3. The van der Waals surface area contributed by atoms with Gasteiger partial charge in [-0.25, -0.2) is 4.79 Å². The topological polar surface area (TPSA) is 175 Å². The average Bonchev–Trinajstić information content (AvgIpc) is 3.37. The number of aliphatic carboxylic acids is 1. The van der Waals surface area contributed by atoms with E-state index in [0.29, 0.717) is 19.3 Å². The SMILES string of the molecule is CCCCCC/C=C\CCCCCCCC(=O)OC(COC(=O)CCCCCCCCCCCCCCCCCCC)COC1OC(C(=O)O)C(O)C(O)C1OC(=O)CCCCCCC/C=C\CCCCCC. The molecule has 1 aliphatic rings. The molecule has 426 valence electrons. The fraction of sp³-hybridized carbons (Fsp3) is 0.869. The number of allylic oxidation sites excluding steroid dienone is 4. The van der Waals surface area contributed by atoms with Gasteiger partial charge in [-0.05, 0) is 70.6 Å². The molecular formula is C61H110O12. The molecule has 0 saturated carbocycles. The zero-order chi connectivity index (χ0) is 53.3. The molecule has 73 heavy (non-hydrogen) atoms. The number of carboxylic acids is 1. The van der Waals surface area contributed by atoms with E-state index in [4.69, 9.17) is 23.7 Å². The fourth-order valence-corrected chi connectivity index (χ4v) is 9.30. The predicted octanol–water partition coefficient (Wildman–Crippen LogP) is 15.5. The van der Waals surface area contributed by atoms with Crippen molar-refractivity contribution in [3.05, 3.63) is 24.3 Å². The second-order valence-corrected chi connectivity index (χ2v) is 21.0. The van der Waals surface area contributed by atoms with Gasteiger partial charge >= 0.3 is 23.9 Å². The van der Waals surface area contributed by atoms with Gasteiger partial charge in [-0.1, -0.05) is 225 Å². The van der Waals surface area contributed by atoms with Crippen LogP contribution in [0.2, 0.25) is 0 Å². The zero-order valence-corrected chi connectivity index (χ0v) is 46.9. The van der Waals surface area contributed by atoms with Crippen molar-refractivity contribution < 1.29 is 58.2 Å². The number of carboxylic acid groups (broad SMARTS) is 1. The van der Waals surface area contributed by atoms with E-state index in [-0.39, 0.29) is 25.9 Å². The number of hydrogen-bond donors (Lipinski definition) is 3. The lowest BCUT2D eigenvalue weighted by molar-refractivity contribution is -0.301. The molecule has 0 radical (unpaired) electrons. The van der Waals surface area contributed by atoms with E-state index in [1.807, 2.05) is 0 Å². The van der Waals surface area contributed by atoms with Crippen LogP contribution in [0.4, 0.5) is 0 Å². The van der Waals surface area contributed by atoms with Gasteiger partial charge in [-0.3, -0.25) is 14.4 Å². The summed E-state index contributed by atoms with van der Waals surface area (Å²) >= 11 is 0. The summed E-state index contributed by atoms with van der Waals surface area (Å²) < 4.78 is 28.4. The Labute approximate surface area is 445 Å². The van der Waals surface area contributed by atoms with Gasteiger partial charge in [-0.15, -0.1) is 0 Å². The van der Waals surface area contributed by atoms with Crippen molar-refractivity contribution >= 4 is 23.9 Å². The van der Waals surface area contributed by atoms with Crippen molar-refractivity contribution in [2.24, 2.45) is 0 Å². The highest BCUT2D eigenvalue weighted by Crippen LogP contribution is 2.27. The minimum atomic E-state index is -1.90. The van der Waals surface area contributed by atoms with E-state index in [0.717, 1.165) is 96.3 Å². The highest BCUT2D eigenvalue weighted by molar-refractivity contribution is 5.74. The Morgan fingerprint density at radius 1 is 0.438 bits per heavy atom. The quantitative estimate of drug-likeness (QED) is 0.0228. The molecule has 1 aliphatic heterocycles. The van der Waals surface area contributed by atoms with Gasteiger partial charge in [0.05, 0.1) is 6.61 Å². The Balaban J connectivity index is 2.67. The zero-order valence-electron chi connectivity index (χ0n) is 46.9. The van der Waals surface area contributed by atoms with E-state index >= 15 is 0 Å². The first-order valence-electron chi connectivity index (χ1n) is 30.3. The Kier molecular flexibility index (Phi) is 46.8. The third kappa shape index (κ3) is 40.2. The first-order chi connectivity index (χ1) is 35.6. The van der Waals surface area contributed by atoms with Gasteiger partial charge in [0.15, 0.2) is 24.6 Å². The highest BCUT2D eigenvalue weighted by Gasteiger charge is 2.50. The molecule has 0 aromatic heterocycles. The summed E-state index contributed by atoms with van der Waals surface area (Å²) in [6.45, 7) is 5.98. The monoisotopic (exact) mass is 1030 g/mol. The van der Waals surface area contributed by atoms with Crippen LogP contribution in [0.3, 0.4) is 0 Å². The van der Waals surface area contributed by atoms with Crippen LogP contribution in [-0.2, 0) is 42.9 Å². The number of ether oxygens (including phenoxy) is 5. The van der Waals surface area contributed by atoms with Crippen LogP contribution in [-0.4, -0.2) is 89.2 Å². The molecule has 12 nitrogen and oxygen atoms in total. The van der Waals surface area contributed by atoms with Crippen molar-refractivity contribution in [3.8, 4) is 0 Å². The number of unbranched alkanes of at least 4 members (excludes halogenated alkanes) is 34. The molecule has 0 amide bonds. The standard InChI is InChI=1S/C61H110O12/c1-4-7-10-13-16-19-22-25-26-27-28-31-32-35-38-41-44-47-53(62)69-50-52(71-54(63)48-45-42-39-36-33-29-23-20-17-14-11-8-5-2)51-70-61-59(57(66)56(65)58(73-61)60(67)68)72-55(64)49-46-43-40-37-34-30-24-21-18-15-12-9-6-3/h20-21,23-24,52,56-59,61,65-66H,4-19,22,25-51H2,1-3H3,(H,67,68)/b23-20-,24-21-. The summed E-state index contributed by atoms with van der Waals surface area (Å²) in [5.41, 5.74) is 0. The third-order valence-electron chi connectivity index (χ3n) is 14.0. The lowest BCUT2D eigenvalue weighted by atomic mass is 9.98. The molecular weight excluding hydrogens is 925 g/mol. The first kappa shape index (κ1) is 68.2. The molecule has 0 aromatic carbocycles. The lowest BCUT2D eigenvalue weighted by Crippen LogP contribution is -2.61. The number of rotatable bonds is 52. The largest absolute Gasteiger partial charge is 0.479 e. The predicted molar refractivity (Wildman–Crippen MR) is 294 cm³/mol. The number of esters is 3. The number of aliphatic hydroxyl groups is 2. The Hall–Kier alpha value is -2.80. The van der Waals surface area contributed by atoms with Gasteiger partial charge < -0.3 is 39.0 Å². The van der Waals surface area contributed by atoms with Crippen LogP contribution in [0.5, 0.6) is 0 Å². The maximum atomic E-state index is 13.1. The molecule has 6 atom stereocenters. The lowest BCUT2D eigenvalue weighted by Gasteiger charge is -2.40. The minimum absolute atomic E-state index is 0.0535. The molecule has 3 N–H and O–H groups in total. The second kappa shape index (κ2) is 50.0. The first-order valence-corrected chi connectivity index (χ1v) is 30.3. The van der Waals surface area contributed by atoms with Crippen molar-refractivity contribution in [3.63, 3.8) is 0 Å². The third-order valence-corrected chi connectivity index (χ3v) is 14.0. The van der Waals surface area contributed by atoms with Gasteiger partial charge in [-0.2, -0.15) is 0 Å². The number of aliphatic hydroxyl groups excluding tert-OH is 2. The molecule has 1 fully saturated rings. The number of carbonyl (C=O) groups excluding carboxylic acids is 3. The van der Waals surface area contributed by atoms with Crippen LogP contribution >= 0.6 is 0 Å². The molecule has 1 rings (SSSR count). The van der Waals surface area contributed by atoms with Crippen LogP contribution < -0.4 is 0 Å². The molecule has 1 saturated heterocycles. The highest BCUT2D eigenvalue weighted by atomic mass is 16.7. The van der Waals surface area contributed by atoms with Crippen LogP contribution in [0.25, 0.3) is 0 Å².